The molecule has 3 heteroatoms. The second kappa shape index (κ2) is 7.44. The van der Waals surface area contributed by atoms with E-state index in [0.717, 1.165) is 5.92 Å². The lowest BCUT2D eigenvalue weighted by Gasteiger charge is -2.46. The molecule has 1 saturated carbocycles. The van der Waals surface area contributed by atoms with Gasteiger partial charge in [-0.15, -0.1) is 0 Å². The Morgan fingerprint density at radius 2 is 1.85 bits per heavy atom. The van der Waals surface area contributed by atoms with Crippen LogP contribution in [-0.4, -0.2) is 36.1 Å². The average molecular weight is 281 g/mol. The van der Waals surface area contributed by atoms with Crippen LogP contribution in [0, 0.1) is 5.92 Å². The smallest absolute Gasteiger partial charge is 0.307 e. The lowest BCUT2D eigenvalue weighted by atomic mass is 9.72. The molecule has 2 fully saturated rings. The molecular weight excluding hydrogens is 250 g/mol. The zero-order valence-electron chi connectivity index (χ0n) is 13.3. The highest BCUT2D eigenvalue weighted by Gasteiger charge is 2.42. The monoisotopic (exact) mass is 281 g/mol. The van der Waals surface area contributed by atoms with E-state index in [-0.39, 0.29) is 11.5 Å². The van der Waals surface area contributed by atoms with Gasteiger partial charge in [0.25, 0.3) is 0 Å². The predicted molar refractivity (Wildman–Crippen MR) is 81.7 cm³/mol. The van der Waals surface area contributed by atoms with Crippen molar-refractivity contribution in [1.82, 2.24) is 4.90 Å². The predicted octanol–water partition coefficient (Wildman–Crippen LogP) is 3.76. The van der Waals surface area contributed by atoms with Crippen LogP contribution in [0.5, 0.6) is 0 Å². The molecule has 1 saturated heterocycles. The van der Waals surface area contributed by atoms with Gasteiger partial charge in [-0.05, 0) is 64.5 Å². The summed E-state index contributed by atoms with van der Waals surface area (Å²) in [5, 5.41) is 0. The topological polar surface area (TPSA) is 29.5 Å². The van der Waals surface area contributed by atoms with Crippen LogP contribution in [0.4, 0.5) is 0 Å². The van der Waals surface area contributed by atoms with E-state index >= 15 is 0 Å². The maximum Gasteiger partial charge on any atom is 0.307 e. The molecule has 0 amide bonds. The van der Waals surface area contributed by atoms with Crippen molar-refractivity contribution in [3.05, 3.63) is 0 Å². The summed E-state index contributed by atoms with van der Waals surface area (Å²) >= 11 is 0. The maximum absolute atomic E-state index is 12.0. The standard InChI is InChI=1S/C17H31NO2/c1-3-7-15-8-10-17(11-9-15,14-16(19)20-4-2)18-12-5-6-13-18/h15H,3-14H2,1-2H3. The summed E-state index contributed by atoms with van der Waals surface area (Å²) in [6.07, 6.45) is 10.8. The highest BCUT2D eigenvalue weighted by atomic mass is 16.5. The summed E-state index contributed by atoms with van der Waals surface area (Å²) in [5.41, 5.74) is 0.118. The first-order valence-corrected chi connectivity index (χ1v) is 8.61. The number of hydrogen-bond acceptors (Lipinski definition) is 3. The molecule has 20 heavy (non-hydrogen) atoms. The van der Waals surface area contributed by atoms with E-state index < -0.39 is 0 Å². The van der Waals surface area contributed by atoms with Gasteiger partial charge in [0.05, 0.1) is 13.0 Å². The Morgan fingerprint density at radius 1 is 1.20 bits per heavy atom. The van der Waals surface area contributed by atoms with Crippen LogP contribution in [0.25, 0.3) is 0 Å². The van der Waals surface area contributed by atoms with Crippen molar-refractivity contribution in [2.75, 3.05) is 19.7 Å². The highest BCUT2D eigenvalue weighted by molar-refractivity contribution is 5.71. The quantitative estimate of drug-likeness (QED) is 0.694. The zero-order chi connectivity index (χ0) is 14.4. The number of carbonyl (C=O) groups is 1. The van der Waals surface area contributed by atoms with Crippen molar-refractivity contribution in [1.29, 1.82) is 0 Å². The molecular formula is C17H31NO2. The molecule has 0 atom stereocenters. The van der Waals surface area contributed by atoms with E-state index in [0.29, 0.717) is 13.0 Å². The summed E-state index contributed by atoms with van der Waals surface area (Å²) in [6.45, 7) is 7.04. The summed E-state index contributed by atoms with van der Waals surface area (Å²) in [7, 11) is 0. The van der Waals surface area contributed by atoms with Crippen molar-refractivity contribution in [3.63, 3.8) is 0 Å². The number of hydrogen-bond donors (Lipinski definition) is 0. The minimum absolute atomic E-state index is 0.00772. The molecule has 1 aliphatic carbocycles. The van der Waals surface area contributed by atoms with E-state index in [2.05, 4.69) is 11.8 Å². The summed E-state index contributed by atoms with van der Waals surface area (Å²) in [4.78, 5) is 14.6. The fraction of sp³-hybridized carbons (Fsp3) is 0.941. The van der Waals surface area contributed by atoms with Gasteiger partial charge < -0.3 is 4.74 Å². The van der Waals surface area contributed by atoms with Crippen molar-refractivity contribution in [2.45, 2.75) is 77.2 Å². The Bertz CT molecular complexity index is 302. The van der Waals surface area contributed by atoms with Crippen LogP contribution < -0.4 is 0 Å². The van der Waals surface area contributed by atoms with Gasteiger partial charge in [-0.2, -0.15) is 0 Å². The first-order valence-electron chi connectivity index (χ1n) is 8.61. The van der Waals surface area contributed by atoms with Crippen molar-refractivity contribution in [3.8, 4) is 0 Å². The van der Waals surface area contributed by atoms with Gasteiger partial charge in [0.15, 0.2) is 0 Å². The molecule has 0 bridgehead atoms. The fourth-order valence-corrected chi connectivity index (χ4v) is 4.19. The van der Waals surface area contributed by atoms with Crippen LogP contribution in [0.2, 0.25) is 0 Å². The second-order valence-electron chi connectivity index (χ2n) is 6.63. The van der Waals surface area contributed by atoms with Crippen molar-refractivity contribution in [2.24, 2.45) is 5.92 Å². The number of likely N-dealkylation sites (tertiary alicyclic amines) is 1. The lowest BCUT2D eigenvalue weighted by molar-refractivity contribution is -0.147. The molecule has 116 valence electrons. The molecule has 1 aliphatic heterocycles. The minimum atomic E-state index is 0.00772. The maximum atomic E-state index is 12.0. The van der Waals surface area contributed by atoms with Crippen molar-refractivity contribution >= 4 is 5.97 Å². The van der Waals surface area contributed by atoms with E-state index in [1.54, 1.807) is 0 Å². The van der Waals surface area contributed by atoms with Crippen LogP contribution in [0.15, 0.2) is 0 Å². The van der Waals surface area contributed by atoms with Gasteiger partial charge >= 0.3 is 5.97 Å². The third-order valence-electron chi connectivity index (χ3n) is 5.29. The third kappa shape index (κ3) is 3.75. The number of nitrogens with zero attached hydrogens (tertiary/aromatic N) is 1. The van der Waals surface area contributed by atoms with Crippen LogP contribution >= 0.6 is 0 Å². The van der Waals surface area contributed by atoms with E-state index in [4.69, 9.17) is 4.74 Å². The molecule has 1 heterocycles. The summed E-state index contributed by atoms with van der Waals surface area (Å²) in [6, 6.07) is 0. The molecule has 0 unspecified atom stereocenters. The Kier molecular flexibility index (Phi) is 5.88. The van der Waals surface area contributed by atoms with E-state index in [9.17, 15) is 4.79 Å². The molecule has 0 N–H and O–H groups in total. The Labute approximate surface area is 124 Å². The number of esters is 1. The average Bonchev–Trinajstić information content (AvgIpc) is 2.96. The summed E-state index contributed by atoms with van der Waals surface area (Å²) in [5.74, 6) is 0.895. The van der Waals surface area contributed by atoms with Crippen LogP contribution in [0.1, 0.15) is 71.6 Å². The second-order valence-corrected chi connectivity index (χ2v) is 6.63. The molecule has 0 aromatic heterocycles. The van der Waals surface area contributed by atoms with Crippen molar-refractivity contribution < 1.29 is 9.53 Å². The minimum Gasteiger partial charge on any atom is -0.466 e. The fourth-order valence-electron chi connectivity index (χ4n) is 4.19. The molecule has 2 rings (SSSR count). The number of ether oxygens (including phenoxy) is 1. The number of rotatable bonds is 6. The SMILES string of the molecule is CCCC1CCC(CC(=O)OCC)(N2CCCC2)CC1. The molecule has 0 spiro atoms. The van der Waals surface area contributed by atoms with Gasteiger partial charge in [0.1, 0.15) is 0 Å². The van der Waals surface area contributed by atoms with Crippen LogP contribution in [-0.2, 0) is 9.53 Å². The van der Waals surface area contributed by atoms with Gasteiger partial charge in [-0.25, -0.2) is 0 Å². The Morgan fingerprint density at radius 3 is 2.40 bits per heavy atom. The van der Waals surface area contributed by atoms with E-state index in [1.165, 1.54) is 64.5 Å². The summed E-state index contributed by atoms with van der Waals surface area (Å²) < 4.78 is 5.24. The van der Waals surface area contributed by atoms with Crippen LogP contribution in [0.3, 0.4) is 0 Å². The number of carbonyl (C=O) groups excluding carboxylic acids is 1. The van der Waals surface area contributed by atoms with Gasteiger partial charge in [0.2, 0.25) is 0 Å². The largest absolute Gasteiger partial charge is 0.466 e. The van der Waals surface area contributed by atoms with Gasteiger partial charge in [-0.3, -0.25) is 9.69 Å². The third-order valence-corrected chi connectivity index (χ3v) is 5.29. The Hall–Kier alpha value is -0.570. The first-order chi connectivity index (χ1) is 9.70. The van der Waals surface area contributed by atoms with Gasteiger partial charge in [0, 0.05) is 5.54 Å². The molecule has 0 aromatic rings. The highest BCUT2D eigenvalue weighted by Crippen LogP contribution is 2.42. The lowest BCUT2D eigenvalue weighted by Crippen LogP contribution is -2.51. The zero-order valence-corrected chi connectivity index (χ0v) is 13.3. The van der Waals surface area contributed by atoms with Gasteiger partial charge in [-0.1, -0.05) is 19.8 Å². The Balaban J connectivity index is 2.00. The normalized spacial score (nSPS) is 31.4. The van der Waals surface area contributed by atoms with E-state index in [1.807, 2.05) is 6.92 Å². The first kappa shape index (κ1) is 15.8. The molecule has 0 aromatic carbocycles. The molecule has 0 radical (unpaired) electrons. The molecule has 3 nitrogen and oxygen atoms in total. The molecule has 2 aliphatic rings.